The Bertz CT molecular complexity index is 423. The predicted molar refractivity (Wildman–Crippen MR) is 79.3 cm³/mol. The molecule has 106 valence electrons. The second-order valence-electron chi connectivity index (χ2n) is 4.83. The third kappa shape index (κ3) is 5.47. The quantitative estimate of drug-likeness (QED) is 0.595. The summed E-state index contributed by atoms with van der Waals surface area (Å²) in [6.07, 6.45) is 7.19. The number of halogens is 1. The maximum Gasteiger partial charge on any atom is 0.254 e. The number of nitrogen functional groups attached to an aromatic ring is 1. The number of carbonyl (C=O) groups is 1. The molecule has 4 nitrogen and oxygen atoms in total. The maximum atomic E-state index is 12.0. The van der Waals surface area contributed by atoms with Crippen molar-refractivity contribution >= 4 is 23.2 Å². The zero-order valence-corrected chi connectivity index (χ0v) is 12.3. The van der Waals surface area contributed by atoms with Crippen molar-refractivity contribution in [3.05, 3.63) is 23.0 Å². The number of rotatable bonds is 7. The van der Waals surface area contributed by atoms with E-state index >= 15 is 0 Å². The zero-order valence-electron chi connectivity index (χ0n) is 11.6. The number of nitrogens with one attached hydrogen (secondary N) is 1. The van der Waals surface area contributed by atoms with Gasteiger partial charge in [0.05, 0.1) is 17.4 Å². The molecule has 0 fully saturated rings. The normalized spacial score (nSPS) is 12.2. The summed E-state index contributed by atoms with van der Waals surface area (Å²) in [6, 6.07) is 1.68. The molecule has 1 aromatic rings. The van der Waals surface area contributed by atoms with E-state index < -0.39 is 0 Å². The van der Waals surface area contributed by atoms with Gasteiger partial charge in [0, 0.05) is 6.04 Å². The minimum absolute atomic E-state index is 0.127. The summed E-state index contributed by atoms with van der Waals surface area (Å²) in [7, 11) is 0. The molecule has 0 bridgehead atoms. The molecule has 1 atom stereocenters. The molecule has 1 aromatic heterocycles. The van der Waals surface area contributed by atoms with E-state index in [-0.39, 0.29) is 17.1 Å². The molecule has 3 N–H and O–H groups in total. The standard InChI is InChI=1S/C14H22ClN3O/c1-3-4-5-6-7-10(2)18-14(19)12-8-11(16)9-17-13(12)15/h8-10H,3-7,16H2,1-2H3,(H,18,19). The van der Waals surface area contributed by atoms with Gasteiger partial charge in [-0.25, -0.2) is 4.98 Å². The van der Waals surface area contributed by atoms with E-state index in [1.165, 1.54) is 25.5 Å². The molecule has 0 aromatic carbocycles. The fraction of sp³-hybridized carbons (Fsp3) is 0.571. The first-order valence-electron chi connectivity index (χ1n) is 6.76. The van der Waals surface area contributed by atoms with Gasteiger partial charge < -0.3 is 11.1 Å². The Labute approximate surface area is 119 Å². The first-order chi connectivity index (χ1) is 9.04. The van der Waals surface area contributed by atoms with Crippen LogP contribution in [0.3, 0.4) is 0 Å². The third-order valence-corrected chi connectivity index (χ3v) is 3.27. The van der Waals surface area contributed by atoms with Gasteiger partial charge in [0.1, 0.15) is 5.15 Å². The number of nitrogens with zero attached hydrogens (tertiary/aromatic N) is 1. The van der Waals surface area contributed by atoms with Crippen LogP contribution in [0.2, 0.25) is 5.15 Å². The van der Waals surface area contributed by atoms with Crippen LogP contribution in [0.4, 0.5) is 5.69 Å². The Balaban J connectivity index is 2.47. The lowest BCUT2D eigenvalue weighted by Gasteiger charge is -2.14. The molecule has 1 amide bonds. The predicted octanol–water partition coefficient (Wildman–Crippen LogP) is 3.41. The van der Waals surface area contributed by atoms with Gasteiger partial charge in [0.2, 0.25) is 0 Å². The van der Waals surface area contributed by atoms with Gasteiger partial charge in [-0.3, -0.25) is 4.79 Å². The van der Waals surface area contributed by atoms with E-state index in [2.05, 4.69) is 17.2 Å². The molecule has 1 rings (SSSR count). The van der Waals surface area contributed by atoms with Crippen LogP contribution < -0.4 is 11.1 Å². The Morgan fingerprint density at radius 3 is 2.89 bits per heavy atom. The van der Waals surface area contributed by atoms with E-state index in [9.17, 15) is 4.79 Å². The lowest BCUT2D eigenvalue weighted by atomic mass is 10.1. The van der Waals surface area contributed by atoms with Crippen LogP contribution in [-0.2, 0) is 0 Å². The van der Waals surface area contributed by atoms with Crippen molar-refractivity contribution in [2.45, 2.75) is 52.0 Å². The van der Waals surface area contributed by atoms with Crippen LogP contribution in [0.1, 0.15) is 56.3 Å². The molecule has 0 spiro atoms. The number of hydrogen-bond acceptors (Lipinski definition) is 3. The van der Waals surface area contributed by atoms with Crippen LogP contribution in [0.15, 0.2) is 12.3 Å². The summed E-state index contributed by atoms with van der Waals surface area (Å²) in [4.78, 5) is 15.9. The molecule has 0 radical (unpaired) electrons. The molecule has 19 heavy (non-hydrogen) atoms. The Morgan fingerprint density at radius 1 is 1.47 bits per heavy atom. The summed E-state index contributed by atoms with van der Waals surface area (Å²) < 4.78 is 0. The number of aromatic nitrogens is 1. The minimum Gasteiger partial charge on any atom is -0.397 e. The largest absolute Gasteiger partial charge is 0.397 e. The molecule has 0 aliphatic heterocycles. The number of hydrogen-bond donors (Lipinski definition) is 2. The Kier molecular flexibility index (Phi) is 6.64. The summed E-state index contributed by atoms with van der Waals surface area (Å²) in [5, 5.41) is 3.11. The van der Waals surface area contributed by atoms with E-state index in [0.29, 0.717) is 11.3 Å². The fourth-order valence-electron chi connectivity index (χ4n) is 1.87. The zero-order chi connectivity index (χ0) is 14.3. The van der Waals surface area contributed by atoms with Crippen molar-refractivity contribution in [3.8, 4) is 0 Å². The Hall–Kier alpha value is -1.29. The van der Waals surface area contributed by atoms with Crippen LogP contribution in [0.5, 0.6) is 0 Å². The van der Waals surface area contributed by atoms with E-state index in [4.69, 9.17) is 17.3 Å². The molecular formula is C14H22ClN3O. The number of pyridine rings is 1. The molecule has 0 aliphatic rings. The Morgan fingerprint density at radius 2 is 2.21 bits per heavy atom. The second-order valence-corrected chi connectivity index (χ2v) is 5.19. The molecular weight excluding hydrogens is 262 g/mol. The highest BCUT2D eigenvalue weighted by Gasteiger charge is 2.14. The smallest absolute Gasteiger partial charge is 0.254 e. The SMILES string of the molecule is CCCCCCC(C)NC(=O)c1cc(N)cnc1Cl. The monoisotopic (exact) mass is 283 g/mol. The van der Waals surface area contributed by atoms with Crippen molar-refractivity contribution < 1.29 is 4.79 Å². The number of nitrogens with two attached hydrogens (primary N) is 1. The number of amides is 1. The molecule has 0 saturated heterocycles. The first-order valence-corrected chi connectivity index (χ1v) is 7.14. The van der Waals surface area contributed by atoms with Crippen LogP contribution in [0.25, 0.3) is 0 Å². The van der Waals surface area contributed by atoms with Crippen LogP contribution in [-0.4, -0.2) is 16.9 Å². The van der Waals surface area contributed by atoms with E-state index in [1.807, 2.05) is 6.92 Å². The highest BCUT2D eigenvalue weighted by molar-refractivity contribution is 6.32. The number of unbranched alkanes of at least 4 members (excludes halogenated alkanes) is 3. The van der Waals surface area contributed by atoms with Crippen molar-refractivity contribution in [1.29, 1.82) is 0 Å². The topological polar surface area (TPSA) is 68.0 Å². The van der Waals surface area contributed by atoms with Gasteiger partial charge in [-0.2, -0.15) is 0 Å². The summed E-state index contributed by atoms with van der Waals surface area (Å²) in [5.41, 5.74) is 6.38. The molecule has 0 aliphatic carbocycles. The summed E-state index contributed by atoms with van der Waals surface area (Å²) in [6.45, 7) is 4.18. The summed E-state index contributed by atoms with van der Waals surface area (Å²) in [5.74, 6) is -0.215. The lowest BCUT2D eigenvalue weighted by molar-refractivity contribution is 0.0937. The van der Waals surface area contributed by atoms with E-state index in [1.54, 1.807) is 6.07 Å². The summed E-state index contributed by atoms with van der Waals surface area (Å²) >= 11 is 5.89. The van der Waals surface area contributed by atoms with Gasteiger partial charge in [0.15, 0.2) is 0 Å². The first kappa shape index (κ1) is 15.8. The molecule has 5 heteroatoms. The van der Waals surface area contributed by atoms with Crippen molar-refractivity contribution in [3.63, 3.8) is 0 Å². The van der Waals surface area contributed by atoms with Crippen LogP contribution >= 0.6 is 11.6 Å². The van der Waals surface area contributed by atoms with Crippen molar-refractivity contribution in [2.75, 3.05) is 5.73 Å². The van der Waals surface area contributed by atoms with Gasteiger partial charge >= 0.3 is 0 Å². The highest BCUT2D eigenvalue weighted by atomic mass is 35.5. The van der Waals surface area contributed by atoms with Gasteiger partial charge in [-0.15, -0.1) is 0 Å². The maximum absolute atomic E-state index is 12.0. The third-order valence-electron chi connectivity index (χ3n) is 2.97. The fourth-order valence-corrected chi connectivity index (χ4v) is 2.06. The van der Waals surface area contributed by atoms with E-state index in [0.717, 1.165) is 12.8 Å². The lowest BCUT2D eigenvalue weighted by Crippen LogP contribution is -2.32. The van der Waals surface area contributed by atoms with Gasteiger partial charge in [0.25, 0.3) is 5.91 Å². The average molecular weight is 284 g/mol. The molecule has 1 heterocycles. The molecule has 0 saturated carbocycles. The minimum atomic E-state index is -0.215. The van der Waals surface area contributed by atoms with Crippen molar-refractivity contribution in [2.24, 2.45) is 0 Å². The number of anilines is 1. The highest BCUT2D eigenvalue weighted by Crippen LogP contribution is 2.16. The average Bonchev–Trinajstić information content (AvgIpc) is 2.37. The molecule has 1 unspecified atom stereocenters. The van der Waals surface area contributed by atoms with Crippen molar-refractivity contribution in [1.82, 2.24) is 10.3 Å². The second kappa shape index (κ2) is 8.00. The van der Waals surface area contributed by atoms with Crippen LogP contribution in [0, 0.1) is 0 Å². The number of carbonyl (C=O) groups excluding carboxylic acids is 1. The van der Waals surface area contributed by atoms with Gasteiger partial charge in [-0.05, 0) is 19.4 Å². The van der Waals surface area contributed by atoms with Gasteiger partial charge in [-0.1, -0.05) is 44.2 Å².